The molecule has 0 aliphatic carbocycles. The van der Waals surface area contributed by atoms with Crippen molar-refractivity contribution in [3.63, 3.8) is 0 Å². The SMILES string of the molecule is CC[C@@H](C)NC(=O)[C@H](Cc1ccccc1)N(Cc1ccc(Cl)cc1)C(=O)CSCc1ccc(Cl)c(Cl)c1. The van der Waals surface area contributed by atoms with Gasteiger partial charge in [-0.3, -0.25) is 9.59 Å². The van der Waals surface area contributed by atoms with Crippen molar-refractivity contribution >= 4 is 58.4 Å². The van der Waals surface area contributed by atoms with Crippen LogP contribution in [0.2, 0.25) is 15.1 Å². The van der Waals surface area contributed by atoms with Gasteiger partial charge in [-0.15, -0.1) is 11.8 Å². The van der Waals surface area contributed by atoms with Crippen molar-refractivity contribution in [2.75, 3.05) is 5.75 Å². The maximum Gasteiger partial charge on any atom is 0.243 e. The topological polar surface area (TPSA) is 49.4 Å². The zero-order chi connectivity index (χ0) is 26.8. The van der Waals surface area contributed by atoms with Crippen molar-refractivity contribution in [2.45, 2.75) is 51.1 Å². The number of hydrogen-bond acceptors (Lipinski definition) is 3. The summed E-state index contributed by atoms with van der Waals surface area (Å²) in [5, 5.41) is 4.69. The average molecular weight is 578 g/mol. The Kier molecular flexibility index (Phi) is 11.7. The maximum absolute atomic E-state index is 13.7. The van der Waals surface area contributed by atoms with E-state index in [1.165, 1.54) is 11.8 Å². The first-order chi connectivity index (χ1) is 17.8. The number of rotatable bonds is 12. The monoisotopic (exact) mass is 576 g/mol. The summed E-state index contributed by atoms with van der Waals surface area (Å²) in [5.74, 6) is 0.547. The number of hydrogen-bond donors (Lipinski definition) is 1. The van der Waals surface area contributed by atoms with Crippen molar-refractivity contribution in [1.82, 2.24) is 10.2 Å². The van der Waals surface area contributed by atoms with Gasteiger partial charge in [0.2, 0.25) is 11.8 Å². The average Bonchev–Trinajstić information content (AvgIpc) is 2.89. The van der Waals surface area contributed by atoms with E-state index in [0.717, 1.165) is 23.1 Å². The molecule has 0 heterocycles. The van der Waals surface area contributed by atoms with Crippen LogP contribution in [0, 0.1) is 0 Å². The molecule has 3 aromatic carbocycles. The first kappa shape index (κ1) is 29.4. The summed E-state index contributed by atoms with van der Waals surface area (Å²) in [6.45, 7) is 4.29. The van der Waals surface area contributed by atoms with E-state index in [-0.39, 0.29) is 23.6 Å². The Morgan fingerprint density at radius 2 is 1.57 bits per heavy atom. The molecule has 0 fully saturated rings. The zero-order valence-electron chi connectivity index (χ0n) is 20.9. The van der Waals surface area contributed by atoms with Crippen LogP contribution in [0.25, 0.3) is 0 Å². The summed E-state index contributed by atoms with van der Waals surface area (Å²) >= 11 is 19.7. The van der Waals surface area contributed by atoms with Crippen LogP contribution in [0.1, 0.15) is 37.0 Å². The van der Waals surface area contributed by atoms with Gasteiger partial charge >= 0.3 is 0 Å². The fourth-order valence-electron chi connectivity index (χ4n) is 3.75. The molecule has 0 aliphatic rings. The lowest BCUT2D eigenvalue weighted by Crippen LogP contribution is -2.52. The van der Waals surface area contributed by atoms with Crippen LogP contribution in [0.4, 0.5) is 0 Å². The quantitative estimate of drug-likeness (QED) is 0.243. The van der Waals surface area contributed by atoms with Gasteiger partial charge in [0.05, 0.1) is 15.8 Å². The highest BCUT2D eigenvalue weighted by molar-refractivity contribution is 7.99. The summed E-state index contributed by atoms with van der Waals surface area (Å²) < 4.78 is 0. The molecule has 37 heavy (non-hydrogen) atoms. The zero-order valence-corrected chi connectivity index (χ0v) is 24.0. The van der Waals surface area contributed by atoms with Crippen LogP contribution in [-0.4, -0.2) is 34.6 Å². The van der Waals surface area contributed by atoms with Crippen molar-refractivity contribution < 1.29 is 9.59 Å². The Balaban J connectivity index is 1.84. The minimum absolute atomic E-state index is 0.00212. The number of halogens is 3. The molecule has 0 saturated heterocycles. The van der Waals surface area contributed by atoms with E-state index >= 15 is 0 Å². The summed E-state index contributed by atoms with van der Waals surface area (Å²) in [5.41, 5.74) is 2.87. The van der Waals surface area contributed by atoms with Gasteiger partial charge < -0.3 is 10.2 Å². The highest BCUT2D eigenvalue weighted by Gasteiger charge is 2.30. The first-order valence-corrected chi connectivity index (χ1v) is 14.5. The molecule has 0 aromatic heterocycles. The Labute approximate surface area is 238 Å². The molecule has 2 atom stereocenters. The fourth-order valence-corrected chi connectivity index (χ4v) is 5.05. The molecule has 1 N–H and O–H groups in total. The van der Waals surface area contributed by atoms with Crippen LogP contribution in [0.5, 0.6) is 0 Å². The van der Waals surface area contributed by atoms with E-state index in [0.29, 0.717) is 33.8 Å². The van der Waals surface area contributed by atoms with Gasteiger partial charge in [0, 0.05) is 29.8 Å². The van der Waals surface area contributed by atoms with Crippen LogP contribution in [-0.2, 0) is 28.3 Å². The summed E-state index contributed by atoms with van der Waals surface area (Å²) in [6.07, 6.45) is 1.22. The fraction of sp³-hybridized carbons (Fsp3) is 0.310. The summed E-state index contributed by atoms with van der Waals surface area (Å²) in [6, 6.07) is 21.9. The van der Waals surface area contributed by atoms with Gasteiger partial charge in [0.1, 0.15) is 6.04 Å². The summed E-state index contributed by atoms with van der Waals surface area (Å²) in [7, 11) is 0. The second kappa shape index (κ2) is 14.7. The molecule has 0 aliphatic heterocycles. The van der Waals surface area contributed by atoms with Crippen LogP contribution < -0.4 is 5.32 Å². The minimum atomic E-state index is -0.662. The Morgan fingerprint density at radius 1 is 0.892 bits per heavy atom. The molecular weight excluding hydrogens is 547 g/mol. The maximum atomic E-state index is 13.7. The highest BCUT2D eigenvalue weighted by Crippen LogP contribution is 2.25. The van der Waals surface area contributed by atoms with E-state index in [9.17, 15) is 9.59 Å². The molecule has 0 unspecified atom stereocenters. The molecule has 2 amide bonds. The lowest BCUT2D eigenvalue weighted by Gasteiger charge is -2.32. The van der Waals surface area contributed by atoms with Gasteiger partial charge in [-0.25, -0.2) is 0 Å². The van der Waals surface area contributed by atoms with Crippen molar-refractivity contribution in [3.05, 3.63) is 105 Å². The molecule has 0 spiro atoms. The van der Waals surface area contributed by atoms with Gasteiger partial charge in [-0.2, -0.15) is 0 Å². The van der Waals surface area contributed by atoms with E-state index in [1.54, 1.807) is 23.1 Å². The molecule has 0 bridgehead atoms. The second-order valence-electron chi connectivity index (χ2n) is 8.91. The normalized spacial score (nSPS) is 12.6. The minimum Gasteiger partial charge on any atom is -0.352 e. The van der Waals surface area contributed by atoms with Crippen molar-refractivity contribution in [1.29, 1.82) is 0 Å². The molecule has 3 aromatic rings. The lowest BCUT2D eigenvalue weighted by atomic mass is 10.0. The smallest absolute Gasteiger partial charge is 0.243 e. The van der Waals surface area contributed by atoms with E-state index < -0.39 is 6.04 Å². The Bertz CT molecular complexity index is 1180. The van der Waals surface area contributed by atoms with Crippen LogP contribution in [0.3, 0.4) is 0 Å². The molecule has 0 radical (unpaired) electrons. The van der Waals surface area contributed by atoms with Gasteiger partial charge in [-0.05, 0) is 54.3 Å². The Hall–Kier alpha value is -2.18. The van der Waals surface area contributed by atoms with Gasteiger partial charge in [0.15, 0.2) is 0 Å². The highest BCUT2D eigenvalue weighted by atomic mass is 35.5. The molecule has 4 nitrogen and oxygen atoms in total. The van der Waals surface area contributed by atoms with Crippen LogP contribution >= 0.6 is 46.6 Å². The number of nitrogens with one attached hydrogen (secondary N) is 1. The van der Waals surface area contributed by atoms with E-state index in [1.807, 2.05) is 68.4 Å². The molecule has 0 saturated carbocycles. The van der Waals surface area contributed by atoms with E-state index in [2.05, 4.69) is 5.32 Å². The third-order valence-electron chi connectivity index (χ3n) is 6.02. The molecular formula is C29H31Cl3N2O2S. The largest absolute Gasteiger partial charge is 0.352 e. The third-order valence-corrected chi connectivity index (χ3v) is 8.00. The van der Waals surface area contributed by atoms with Crippen LogP contribution in [0.15, 0.2) is 72.8 Å². The van der Waals surface area contributed by atoms with Crippen molar-refractivity contribution in [3.8, 4) is 0 Å². The number of benzene rings is 3. The predicted octanol–water partition coefficient (Wildman–Crippen LogP) is 7.43. The number of carbonyl (C=O) groups excluding carboxylic acids is 2. The van der Waals surface area contributed by atoms with Crippen molar-refractivity contribution in [2.24, 2.45) is 0 Å². The second-order valence-corrected chi connectivity index (χ2v) is 11.1. The Morgan fingerprint density at radius 3 is 2.22 bits per heavy atom. The first-order valence-electron chi connectivity index (χ1n) is 12.2. The standard InChI is InChI=1S/C29H31Cl3N2O2S/c1-3-20(2)33-29(36)27(16-21-7-5-4-6-8-21)34(17-22-9-12-24(30)13-10-22)28(35)19-37-18-23-11-14-25(31)26(32)15-23/h4-15,20,27H,3,16-19H2,1-2H3,(H,33,36)/t20-,27+/m1/s1. The lowest BCUT2D eigenvalue weighted by molar-refractivity contribution is -0.139. The number of carbonyl (C=O) groups is 2. The third kappa shape index (κ3) is 9.26. The predicted molar refractivity (Wildman–Crippen MR) is 156 cm³/mol. The number of thioether (sulfide) groups is 1. The molecule has 3 rings (SSSR count). The van der Waals surface area contributed by atoms with Gasteiger partial charge in [0.25, 0.3) is 0 Å². The molecule has 8 heteroatoms. The molecule has 196 valence electrons. The van der Waals surface area contributed by atoms with Gasteiger partial charge in [-0.1, -0.05) is 90.3 Å². The number of nitrogens with zero attached hydrogens (tertiary/aromatic N) is 1. The number of amides is 2. The van der Waals surface area contributed by atoms with E-state index in [4.69, 9.17) is 34.8 Å². The summed E-state index contributed by atoms with van der Waals surface area (Å²) in [4.78, 5) is 28.9.